The number of furan rings is 1. The molecule has 4 N–H and O–H groups in total. The van der Waals surface area contributed by atoms with Crippen LogP contribution >= 0.6 is 23.1 Å². The number of nitrogens with two attached hydrogens (primary N) is 2. The van der Waals surface area contributed by atoms with Crippen LogP contribution in [-0.2, 0) is 0 Å². The second-order valence-corrected chi connectivity index (χ2v) is 7.76. The molecule has 1 atom stereocenters. The Morgan fingerprint density at radius 1 is 1.04 bits per heavy atom. The van der Waals surface area contributed by atoms with Gasteiger partial charge in [0.2, 0.25) is 0 Å². The van der Waals surface area contributed by atoms with Gasteiger partial charge in [0.15, 0.2) is 0 Å². The van der Waals surface area contributed by atoms with Crippen molar-refractivity contribution in [2.45, 2.75) is 10.4 Å². The smallest absolute Gasteiger partial charge is 0.136 e. The third kappa shape index (κ3) is 3.39. The van der Waals surface area contributed by atoms with Crippen LogP contribution in [0.5, 0.6) is 0 Å². The largest absolute Gasteiger partial charge is 0.464 e. The fraction of sp³-hybridized carbons (Fsp3) is 0.0500. The van der Waals surface area contributed by atoms with Crippen molar-refractivity contribution >= 4 is 28.8 Å². The Kier molecular flexibility index (Phi) is 4.79. The maximum atomic E-state index is 6.43. The number of aromatic nitrogens is 1. The molecule has 3 aromatic heterocycles. The molecule has 0 aliphatic heterocycles. The number of nitrogen functional groups attached to an aromatic ring is 1. The summed E-state index contributed by atoms with van der Waals surface area (Å²) in [6, 6.07) is 19.7. The molecule has 4 nitrogen and oxygen atoms in total. The number of rotatable bonds is 5. The van der Waals surface area contributed by atoms with Gasteiger partial charge in [-0.25, -0.2) is 4.98 Å². The second kappa shape index (κ2) is 7.37. The Morgan fingerprint density at radius 2 is 1.88 bits per heavy atom. The van der Waals surface area contributed by atoms with Gasteiger partial charge in [0.1, 0.15) is 10.8 Å². The summed E-state index contributed by atoms with van der Waals surface area (Å²) < 4.78 is 5.57. The monoisotopic (exact) mass is 379 g/mol. The number of benzene rings is 1. The molecule has 0 spiro atoms. The van der Waals surface area contributed by atoms with Crippen molar-refractivity contribution in [2.75, 3.05) is 5.73 Å². The van der Waals surface area contributed by atoms with E-state index in [1.165, 1.54) is 11.8 Å². The van der Waals surface area contributed by atoms with Crippen molar-refractivity contribution in [3.8, 4) is 21.9 Å². The number of hydrogen-bond donors (Lipinski definition) is 2. The molecule has 1 aromatic carbocycles. The molecular weight excluding hydrogens is 362 g/mol. The number of thiophene rings is 1. The minimum Gasteiger partial charge on any atom is -0.464 e. The number of hydrogen-bond acceptors (Lipinski definition) is 6. The predicted molar refractivity (Wildman–Crippen MR) is 109 cm³/mol. The molecule has 26 heavy (non-hydrogen) atoms. The van der Waals surface area contributed by atoms with Crippen molar-refractivity contribution in [3.05, 3.63) is 77.9 Å². The highest BCUT2D eigenvalue weighted by Crippen LogP contribution is 2.40. The van der Waals surface area contributed by atoms with E-state index < -0.39 is 0 Å². The molecule has 0 bridgehead atoms. The first-order valence-corrected chi connectivity index (χ1v) is 9.84. The van der Waals surface area contributed by atoms with E-state index in [0.717, 1.165) is 27.5 Å². The molecule has 0 fully saturated rings. The number of nitrogens with zero attached hydrogens (tertiary/aromatic N) is 1. The van der Waals surface area contributed by atoms with Crippen LogP contribution in [0.2, 0.25) is 0 Å². The van der Waals surface area contributed by atoms with Crippen LogP contribution in [0.15, 0.2) is 81.8 Å². The minimum absolute atomic E-state index is 0.256. The Bertz CT molecular complexity index is 984. The molecular formula is C20H17N3OS2. The number of thioether (sulfide) groups is 1. The summed E-state index contributed by atoms with van der Waals surface area (Å²) in [5.74, 6) is 0.720. The average molecular weight is 380 g/mol. The zero-order chi connectivity index (χ0) is 17.9. The maximum Gasteiger partial charge on any atom is 0.136 e. The van der Waals surface area contributed by atoms with Gasteiger partial charge in [-0.2, -0.15) is 0 Å². The molecule has 0 saturated carbocycles. The van der Waals surface area contributed by atoms with Gasteiger partial charge < -0.3 is 15.9 Å². The zero-order valence-corrected chi connectivity index (χ0v) is 15.5. The Morgan fingerprint density at radius 3 is 2.58 bits per heavy atom. The van der Waals surface area contributed by atoms with Crippen molar-refractivity contribution in [1.29, 1.82) is 0 Å². The highest BCUT2D eigenvalue weighted by atomic mass is 32.2. The fourth-order valence-corrected chi connectivity index (χ4v) is 4.25. The lowest BCUT2D eigenvalue weighted by Crippen LogP contribution is -2.07. The van der Waals surface area contributed by atoms with Gasteiger partial charge in [-0.05, 0) is 35.2 Å². The van der Waals surface area contributed by atoms with Crippen molar-refractivity contribution in [2.24, 2.45) is 5.73 Å². The van der Waals surface area contributed by atoms with E-state index in [2.05, 4.69) is 0 Å². The molecule has 0 amide bonds. The van der Waals surface area contributed by atoms with Crippen LogP contribution in [-0.4, -0.2) is 4.98 Å². The van der Waals surface area contributed by atoms with Gasteiger partial charge in [0.05, 0.1) is 27.9 Å². The Balaban J connectivity index is 1.78. The summed E-state index contributed by atoms with van der Waals surface area (Å²) >= 11 is 3.09. The lowest BCUT2D eigenvalue weighted by Gasteiger charge is -2.15. The van der Waals surface area contributed by atoms with Crippen molar-refractivity contribution in [1.82, 2.24) is 4.98 Å². The van der Waals surface area contributed by atoms with E-state index in [1.54, 1.807) is 17.6 Å². The molecule has 0 aliphatic carbocycles. The van der Waals surface area contributed by atoms with Crippen molar-refractivity contribution in [3.63, 3.8) is 0 Å². The van der Waals surface area contributed by atoms with Crippen LogP contribution in [0.3, 0.4) is 0 Å². The number of pyridine rings is 1. The lowest BCUT2D eigenvalue weighted by molar-refractivity contribution is 0.582. The summed E-state index contributed by atoms with van der Waals surface area (Å²) in [5.41, 5.74) is 16.1. The quantitative estimate of drug-likeness (QED) is 0.358. The summed E-state index contributed by atoms with van der Waals surface area (Å²) in [6.07, 6.45) is 1.64. The van der Waals surface area contributed by atoms with E-state index in [-0.39, 0.29) is 5.37 Å². The molecule has 130 valence electrons. The zero-order valence-electron chi connectivity index (χ0n) is 13.8. The average Bonchev–Trinajstić information content (AvgIpc) is 3.38. The van der Waals surface area contributed by atoms with E-state index in [9.17, 15) is 0 Å². The molecule has 4 aromatic rings. The molecule has 4 rings (SSSR count). The highest BCUT2D eigenvalue weighted by Gasteiger charge is 2.18. The second-order valence-electron chi connectivity index (χ2n) is 5.68. The molecule has 0 aliphatic rings. The van der Waals surface area contributed by atoms with Crippen LogP contribution in [0.1, 0.15) is 10.9 Å². The normalized spacial score (nSPS) is 12.2. The van der Waals surface area contributed by atoms with E-state index in [4.69, 9.17) is 20.9 Å². The summed E-state index contributed by atoms with van der Waals surface area (Å²) in [5, 5.41) is 2.48. The van der Waals surface area contributed by atoms with E-state index in [1.807, 2.05) is 66.0 Å². The predicted octanol–water partition coefficient (Wildman–Crippen LogP) is 5.40. The molecule has 6 heteroatoms. The van der Waals surface area contributed by atoms with Gasteiger partial charge >= 0.3 is 0 Å². The number of anilines is 1. The standard InChI is InChI=1S/C20H17N3OS2/c21-18-14(16-8-4-10-24-16)12-15(17-9-5-11-25-17)23-20(18)26-19(22)13-6-2-1-3-7-13/h1-12,19H,21-22H2. The van der Waals surface area contributed by atoms with E-state index in [0.29, 0.717) is 10.7 Å². The highest BCUT2D eigenvalue weighted by molar-refractivity contribution is 7.99. The Labute approximate surface area is 159 Å². The topological polar surface area (TPSA) is 78.1 Å². The Hall–Kier alpha value is -2.54. The van der Waals surface area contributed by atoms with Crippen LogP contribution in [0.4, 0.5) is 5.69 Å². The fourth-order valence-electron chi connectivity index (χ4n) is 2.64. The molecule has 0 radical (unpaired) electrons. The first-order chi connectivity index (χ1) is 12.7. The van der Waals surface area contributed by atoms with Gasteiger partial charge in [0, 0.05) is 5.56 Å². The molecule has 1 unspecified atom stereocenters. The first-order valence-electron chi connectivity index (χ1n) is 8.08. The first kappa shape index (κ1) is 16.9. The molecule has 3 heterocycles. The van der Waals surface area contributed by atoms with Gasteiger partial charge in [0.25, 0.3) is 0 Å². The van der Waals surface area contributed by atoms with Gasteiger partial charge in [-0.3, -0.25) is 0 Å². The lowest BCUT2D eigenvalue weighted by atomic mass is 10.1. The summed E-state index contributed by atoms with van der Waals surface area (Å²) in [6.45, 7) is 0. The van der Waals surface area contributed by atoms with Gasteiger partial charge in [-0.15, -0.1) is 11.3 Å². The summed E-state index contributed by atoms with van der Waals surface area (Å²) in [4.78, 5) is 5.85. The van der Waals surface area contributed by atoms with Crippen LogP contribution < -0.4 is 11.5 Å². The van der Waals surface area contributed by atoms with E-state index >= 15 is 0 Å². The van der Waals surface area contributed by atoms with Crippen LogP contribution in [0, 0.1) is 0 Å². The third-order valence-corrected chi connectivity index (χ3v) is 5.90. The third-order valence-electron chi connectivity index (χ3n) is 3.95. The SMILES string of the molecule is Nc1c(-c2ccco2)cc(-c2cccs2)nc1SC(N)c1ccccc1. The maximum absolute atomic E-state index is 6.43. The van der Waals surface area contributed by atoms with Gasteiger partial charge in [-0.1, -0.05) is 48.2 Å². The van der Waals surface area contributed by atoms with Crippen LogP contribution in [0.25, 0.3) is 21.9 Å². The minimum atomic E-state index is -0.256. The van der Waals surface area contributed by atoms with Crippen molar-refractivity contribution < 1.29 is 4.42 Å². The summed E-state index contributed by atoms with van der Waals surface area (Å²) in [7, 11) is 0. The molecule has 0 saturated heterocycles.